The zero-order valence-electron chi connectivity index (χ0n) is 7.29. The molecule has 0 bridgehead atoms. The first-order valence-electron chi connectivity index (χ1n) is 4.75. The third-order valence-corrected chi connectivity index (χ3v) is 2.99. The molecular formula is C10H16N2. The van der Waals surface area contributed by atoms with Gasteiger partial charge in [0.1, 0.15) is 0 Å². The maximum absolute atomic E-state index is 5.75. The summed E-state index contributed by atoms with van der Waals surface area (Å²) in [6, 6.07) is 4.20. The molecule has 0 radical (unpaired) electrons. The fourth-order valence-electron chi connectivity index (χ4n) is 1.99. The first kappa shape index (κ1) is 7.87. The van der Waals surface area contributed by atoms with Gasteiger partial charge in [-0.05, 0) is 30.9 Å². The van der Waals surface area contributed by atoms with E-state index in [9.17, 15) is 0 Å². The molecule has 0 saturated heterocycles. The minimum Gasteiger partial charge on any atom is -0.365 e. The number of H-pyrrole nitrogens is 1. The molecule has 0 aliphatic heterocycles. The molecule has 66 valence electrons. The summed E-state index contributed by atoms with van der Waals surface area (Å²) in [5, 5.41) is 0. The standard InChI is InChI=1S/C10H16N2/c11-7-9(8-3-1-4-8)10-5-2-6-12-10/h2,5-6,8-9,12H,1,3-4,7,11H2. The molecule has 1 aromatic heterocycles. The summed E-state index contributed by atoms with van der Waals surface area (Å²) in [4.78, 5) is 3.26. The predicted molar refractivity (Wildman–Crippen MR) is 49.9 cm³/mol. The number of nitrogens with two attached hydrogens (primary N) is 1. The summed E-state index contributed by atoms with van der Waals surface area (Å²) in [5.74, 6) is 1.42. The van der Waals surface area contributed by atoms with Crippen molar-refractivity contribution in [1.82, 2.24) is 4.98 Å². The van der Waals surface area contributed by atoms with Crippen molar-refractivity contribution in [2.75, 3.05) is 6.54 Å². The van der Waals surface area contributed by atoms with Gasteiger partial charge in [0.25, 0.3) is 0 Å². The first-order valence-corrected chi connectivity index (χ1v) is 4.75. The van der Waals surface area contributed by atoms with E-state index < -0.39 is 0 Å². The van der Waals surface area contributed by atoms with Gasteiger partial charge in [0.05, 0.1) is 0 Å². The minimum atomic E-state index is 0.578. The van der Waals surface area contributed by atoms with Gasteiger partial charge in [-0.1, -0.05) is 6.42 Å². The fourth-order valence-corrected chi connectivity index (χ4v) is 1.99. The molecule has 0 aromatic carbocycles. The number of aromatic nitrogens is 1. The van der Waals surface area contributed by atoms with E-state index in [1.54, 1.807) is 0 Å². The lowest BCUT2D eigenvalue weighted by atomic mass is 9.74. The van der Waals surface area contributed by atoms with Crippen LogP contribution in [-0.4, -0.2) is 11.5 Å². The molecule has 0 amide bonds. The van der Waals surface area contributed by atoms with Crippen LogP contribution in [0.15, 0.2) is 18.3 Å². The Hall–Kier alpha value is -0.760. The first-order chi connectivity index (χ1) is 5.92. The summed E-state index contributed by atoms with van der Waals surface area (Å²) in [7, 11) is 0. The molecule has 2 nitrogen and oxygen atoms in total. The van der Waals surface area contributed by atoms with Gasteiger partial charge < -0.3 is 10.7 Å². The van der Waals surface area contributed by atoms with Crippen LogP contribution in [0.2, 0.25) is 0 Å². The second-order valence-electron chi connectivity index (χ2n) is 3.66. The van der Waals surface area contributed by atoms with Gasteiger partial charge in [0, 0.05) is 24.4 Å². The molecule has 0 spiro atoms. The van der Waals surface area contributed by atoms with E-state index in [4.69, 9.17) is 5.73 Å². The number of aromatic amines is 1. The predicted octanol–water partition coefficient (Wildman–Crippen LogP) is 1.86. The van der Waals surface area contributed by atoms with Crippen molar-refractivity contribution in [2.24, 2.45) is 11.7 Å². The SMILES string of the molecule is NCC(c1ccc[nH]1)C1CCC1. The summed E-state index contributed by atoms with van der Waals surface area (Å²) in [5.41, 5.74) is 7.08. The lowest BCUT2D eigenvalue weighted by molar-refractivity contribution is 0.261. The monoisotopic (exact) mass is 164 g/mol. The maximum Gasteiger partial charge on any atom is 0.0194 e. The second kappa shape index (κ2) is 3.31. The number of hydrogen-bond acceptors (Lipinski definition) is 1. The molecule has 1 unspecified atom stereocenters. The molecule has 1 atom stereocenters. The molecule has 3 N–H and O–H groups in total. The Balaban J connectivity index is 2.07. The van der Waals surface area contributed by atoms with Crippen LogP contribution in [-0.2, 0) is 0 Å². The second-order valence-corrected chi connectivity index (χ2v) is 3.66. The van der Waals surface area contributed by atoms with Gasteiger partial charge >= 0.3 is 0 Å². The van der Waals surface area contributed by atoms with Crippen LogP contribution in [0.1, 0.15) is 30.9 Å². The largest absolute Gasteiger partial charge is 0.365 e. The molecule has 1 aromatic rings. The van der Waals surface area contributed by atoms with E-state index in [1.807, 2.05) is 6.20 Å². The zero-order valence-corrected chi connectivity index (χ0v) is 7.29. The van der Waals surface area contributed by atoms with Crippen molar-refractivity contribution < 1.29 is 0 Å². The molecule has 1 aliphatic carbocycles. The van der Waals surface area contributed by atoms with Crippen molar-refractivity contribution in [1.29, 1.82) is 0 Å². The number of hydrogen-bond donors (Lipinski definition) is 2. The zero-order chi connectivity index (χ0) is 8.39. The number of rotatable bonds is 3. The van der Waals surface area contributed by atoms with Gasteiger partial charge in [0.2, 0.25) is 0 Å². The Morgan fingerprint density at radius 3 is 2.83 bits per heavy atom. The van der Waals surface area contributed by atoms with Crippen LogP contribution in [0.5, 0.6) is 0 Å². The summed E-state index contributed by atoms with van der Waals surface area (Å²) in [6.07, 6.45) is 6.10. The Morgan fingerprint density at radius 2 is 2.42 bits per heavy atom. The summed E-state index contributed by atoms with van der Waals surface area (Å²) >= 11 is 0. The van der Waals surface area contributed by atoms with Gasteiger partial charge in [-0.3, -0.25) is 0 Å². The highest BCUT2D eigenvalue weighted by Gasteiger charge is 2.27. The van der Waals surface area contributed by atoms with Crippen molar-refractivity contribution in [3.63, 3.8) is 0 Å². The van der Waals surface area contributed by atoms with Gasteiger partial charge in [0.15, 0.2) is 0 Å². The molecule has 1 aliphatic rings. The fraction of sp³-hybridized carbons (Fsp3) is 0.600. The van der Waals surface area contributed by atoms with Crippen molar-refractivity contribution >= 4 is 0 Å². The van der Waals surface area contributed by atoms with Crippen LogP contribution in [0, 0.1) is 5.92 Å². The van der Waals surface area contributed by atoms with Crippen LogP contribution >= 0.6 is 0 Å². The lowest BCUT2D eigenvalue weighted by Crippen LogP contribution is -2.26. The van der Waals surface area contributed by atoms with Crippen LogP contribution < -0.4 is 5.73 Å². The van der Waals surface area contributed by atoms with E-state index in [0.29, 0.717) is 5.92 Å². The van der Waals surface area contributed by atoms with Crippen LogP contribution in [0.4, 0.5) is 0 Å². The summed E-state index contributed by atoms with van der Waals surface area (Å²) < 4.78 is 0. The van der Waals surface area contributed by atoms with Gasteiger partial charge in [-0.2, -0.15) is 0 Å². The molecule has 1 fully saturated rings. The smallest absolute Gasteiger partial charge is 0.0194 e. The Bertz CT molecular complexity index is 224. The Labute approximate surface area is 73.2 Å². The highest BCUT2D eigenvalue weighted by atomic mass is 14.7. The maximum atomic E-state index is 5.75. The normalized spacial score (nSPS) is 20.4. The van der Waals surface area contributed by atoms with E-state index in [1.165, 1.54) is 25.0 Å². The average molecular weight is 164 g/mol. The van der Waals surface area contributed by atoms with Crippen molar-refractivity contribution in [3.8, 4) is 0 Å². The van der Waals surface area contributed by atoms with Crippen molar-refractivity contribution in [3.05, 3.63) is 24.0 Å². The van der Waals surface area contributed by atoms with Crippen LogP contribution in [0.3, 0.4) is 0 Å². The Morgan fingerprint density at radius 1 is 1.58 bits per heavy atom. The van der Waals surface area contributed by atoms with E-state index in [2.05, 4.69) is 17.1 Å². The van der Waals surface area contributed by atoms with E-state index in [-0.39, 0.29) is 0 Å². The molecular weight excluding hydrogens is 148 g/mol. The summed E-state index contributed by atoms with van der Waals surface area (Å²) in [6.45, 7) is 0.783. The topological polar surface area (TPSA) is 41.8 Å². The number of nitrogens with one attached hydrogen (secondary N) is 1. The molecule has 2 heteroatoms. The highest BCUT2D eigenvalue weighted by molar-refractivity contribution is 5.12. The highest BCUT2D eigenvalue weighted by Crippen LogP contribution is 2.37. The quantitative estimate of drug-likeness (QED) is 0.703. The van der Waals surface area contributed by atoms with E-state index >= 15 is 0 Å². The molecule has 2 rings (SSSR count). The molecule has 1 saturated carbocycles. The van der Waals surface area contributed by atoms with E-state index in [0.717, 1.165) is 12.5 Å². The van der Waals surface area contributed by atoms with Crippen LogP contribution in [0.25, 0.3) is 0 Å². The van der Waals surface area contributed by atoms with Crippen molar-refractivity contribution in [2.45, 2.75) is 25.2 Å². The third kappa shape index (κ3) is 1.27. The molecule has 12 heavy (non-hydrogen) atoms. The minimum absolute atomic E-state index is 0.578. The average Bonchev–Trinajstić information content (AvgIpc) is 2.47. The van der Waals surface area contributed by atoms with Gasteiger partial charge in [-0.25, -0.2) is 0 Å². The Kier molecular flexibility index (Phi) is 2.17. The third-order valence-electron chi connectivity index (χ3n) is 2.99. The molecule has 1 heterocycles. The lowest BCUT2D eigenvalue weighted by Gasteiger charge is -2.32. The van der Waals surface area contributed by atoms with Gasteiger partial charge in [-0.15, -0.1) is 0 Å².